The minimum absolute atomic E-state index is 0.0845. The van der Waals surface area contributed by atoms with Crippen LogP contribution in [0.5, 0.6) is 11.5 Å². The molecule has 0 amide bonds. The number of nitrogens with zero attached hydrogens (tertiary/aromatic N) is 1. The van der Waals surface area contributed by atoms with Crippen molar-refractivity contribution in [3.05, 3.63) is 53.6 Å². The maximum atomic E-state index is 13.8. The molecule has 0 radical (unpaired) electrons. The van der Waals surface area contributed by atoms with E-state index in [0.29, 0.717) is 23.7 Å². The lowest BCUT2D eigenvalue weighted by Gasteiger charge is -2.19. The van der Waals surface area contributed by atoms with E-state index >= 15 is 0 Å². The van der Waals surface area contributed by atoms with E-state index in [1.54, 1.807) is 18.2 Å². The molecule has 2 rings (SSSR count). The van der Waals surface area contributed by atoms with Crippen molar-refractivity contribution in [2.75, 3.05) is 20.8 Å². The van der Waals surface area contributed by atoms with Crippen LogP contribution in [-0.2, 0) is 16.6 Å². The highest BCUT2D eigenvalue weighted by Crippen LogP contribution is 2.29. The quantitative estimate of drug-likeness (QED) is 0.750. The fourth-order valence-electron chi connectivity index (χ4n) is 2.31. The highest BCUT2D eigenvalue weighted by atomic mass is 32.2. The summed E-state index contributed by atoms with van der Waals surface area (Å²) in [6.45, 7) is 2.20. The molecular formula is C17H19F2NO4S. The Labute approximate surface area is 145 Å². The second-order valence-electron chi connectivity index (χ2n) is 5.23. The number of benzene rings is 2. The third-order valence-corrected chi connectivity index (χ3v) is 5.38. The van der Waals surface area contributed by atoms with Gasteiger partial charge in [0.25, 0.3) is 0 Å². The predicted molar refractivity (Wildman–Crippen MR) is 89.2 cm³/mol. The first-order valence-corrected chi connectivity index (χ1v) is 8.95. The van der Waals surface area contributed by atoms with Gasteiger partial charge < -0.3 is 9.47 Å². The highest BCUT2D eigenvalue weighted by molar-refractivity contribution is 7.89. The van der Waals surface area contributed by atoms with E-state index in [9.17, 15) is 17.2 Å². The molecule has 0 aromatic heterocycles. The SMILES string of the molecule is CCOc1ccc(CN(C)S(=O)(=O)c2c(F)cccc2F)cc1OC. The molecule has 0 aliphatic heterocycles. The van der Waals surface area contributed by atoms with Gasteiger partial charge in [0.1, 0.15) is 11.6 Å². The molecule has 0 N–H and O–H groups in total. The minimum Gasteiger partial charge on any atom is -0.493 e. The summed E-state index contributed by atoms with van der Waals surface area (Å²) in [6.07, 6.45) is 0. The molecule has 0 atom stereocenters. The van der Waals surface area contributed by atoms with Crippen LogP contribution in [0.25, 0.3) is 0 Å². The Morgan fingerprint density at radius 3 is 2.28 bits per heavy atom. The van der Waals surface area contributed by atoms with E-state index in [1.807, 2.05) is 6.92 Å². The van der Waals surface area contributed by atoms with Gasteiger partial charge in [0.05, 0.1) is 13.7 Å². The van der Waals surface area contributed by atoms with Crippen molar-refractivity contribution in [2.24, 2.45) is 0 Å². The van der Waals surface area contributed by atoms with Crippen LogP contribution in [0.3, 0.4) is 0 Å². The van der Waals surface area contributed by atoms with Gasteiger partial charge in [-0.05, 0) is 36.8 Å². The molecular weight excluding hydrogens is 352 g/mol. The number of sulfonamides is 1. The number of hydrogen-bond acceptors (Lipinski definition) is 4. The molecule has 0 heterocycles. The highest BCUT2D eigenvalue weighted by Gasteiger charge is 2.28. The largest absolute Gasteiger partial charge is 0.493 e. The summed E-state index contributed by atoms with van der Waals surface area (Å²) >= 11 is 0. The third-order valence-electron chi connectivity index (χ3n) is 3.52. The first-order valence-electron chi connectivity index (χ1n) is 7.51. The Morgan fingerprint density at radius 2 is 1.72 bits per heavy atom. The molecule has 8 heteroatoms. The second kappa shape index (κ2) is 7.79. The van der Waals surface area contributed by atoms with E-state index in [-0.39, 0.29) is 6.54 Å². The fourth-order valence-corrected chi connectivity index (χ4v) is 3.57. The van der Waals surface area contributed by atoms with Crippen LogP contribution >= 0.6 is 0 Å². The van der Waals surface area contributed by atoms with Crippen molar-refractivity contribution in [3.8, 4) is 11.5 Å². The lowest BCUT2D eigenvalue weighted by Crippen LogP contribution is -2.28. The van der Waals surface area contributed by atoms with E-state index in [0.717, 1.165) is 22.5 Å². The van der Waals surface area contributed by atoms with Gasteiger partial charge in [-0.25, -0.2) is 17.2 Å². The zero-order valence-electron chi connectivity index (χ0n) is 14.1. The van der Waals surface area contributed by atoms with Gasteiger partial charge in [0.15, 0.2) is 16.4 Å². The monoisotopic (exact) mass is 371 g/mol. The molecule has 0 saturated heterocycles. The average Bonchev–Trinajstić information content (AvgIpc) is 2.56. The van der Waals surface area contributed by atoms with Crippen LogP contribution < -0.4 is 9.47 Å². The third kappa shape index (κ3) is 4.08. The Hall–Kier alpha value is -2.19. The van der Waals surface area contributed by atoms with E-state index in [1.165, 1.54) is 14.2 Å². The lowest BCUT2D eigenvalue weighted by molar-refractivity contribution is 0.310. The summed E-state index contributed by atoms with van der Waals surface area (Å²) < 4.78 is 64.1. The van der Waals surface area contributed by atoms with Crippen molar-refractivity contribution in [1.29, 1.82) is 0 Å². The summed E-state index contributed by atoms with van der Waals surface area (Å²) in [7, 11) is -1.60. The average molecular weight is 371 g/mol. The summed E-state index contributed by atoms with van der Waals surface area (Å²) in [5, 5.41) is 0. The van der Waals surface area contributed by atoms with Crippen LogP contribution in [0.15, 0.2) is 41.3 Å². The zero-order chi connectivity index (χ0) is 18.6. The molecule has 0 aliphatic carbocycles. The van der Waals surface area contributed by atoms with Crippen LogP contribution in [0.1, 0.15) is 12.5 Å². The zero-order valence-corrected chi connectivity index (χ0v) is 14.9. The maximum absolute atomic E-state index is 13.8. The van der Waals surface area contributed by atoms with Crippen LogP contribution in [-0.4, -0.2) is 33.5 Å². The molecule has 2 aromatic carbocycles. The topological polar surface area (TPSA) is 55.8 Å². The molecule has 25 heavy (non-hydrogen) atoms. The van der Waals surface area contributed by atoms with Crippen LogP contribution in [0.4, 0.5) is 8.78 Å². The molecule has 5 nitrogen and oxygen atoms in total. The Kier molecular flexibility index (Phi) is 5.97. The molecule has 0 bridgehead atoms. The van der Waals surface area contributed by atoms with Crippen LogP contribution in [0, 0.1) is 11.6 Å². The van der Waals surface area contributed by atoms with Crippen molar-refractivity contribution < 1.29 is 26.7 Å². The number of halogens is 2. The fraction of sp³-hybridized carbons (Fsp3) is 0.294. The predicted octanol–water partition coefficient (Wildman–Crippen LogP) is 3.19. The number of hydrogen-bond donors (Lipinski definition) is 0. The van der Waals surface area contributed by atoms with Gasteiger partial charge >= 0.3 is 0 Å². The minimum atomic E-state index is -4.33. The number of rotatable bonds is 7. The normalized spacial score (nSPS) is 11.6. The van der Waals surface area contributed by atoms with Crippen molar-refractivity contribution in [3.63, 3.8) is 0 Å². The van der Waals surface area contributed by atoms with Crippen molar-refractivity contribution in [1.82, 2.24) is 4.31 Å². The first kappa shape index (κ1) is 19.1. The molecule has 0 fully saturated rings. The smallest absolute Gasteiger partial charge is 0.248 e. The lowest BCUT2D eigenvalue weighted by atomic mass is 10.2. The standard InChI is InChI=1S/C17H19F2NO4S/c1-4-24-15-9-8-12(10-16(15)23-3)11-20(2)25(21,22)17-13(18)6-5-7-14(17)19/h5-10H,4,11H2,1-3H3. The molecule has 2 aromatic rings. The number of ether oxygens (including phenoxy) is 2. The molecule has 136 valence electrons. The Morgan fingerprint density at radius 1 is 1.08 bits per heavy atom. The molecule has 0 aliphatic rings. The van der Waals surface area contributed by atoms with Crippen molar-refractivity contribution >= 4 is 10.0 Å². The second-order valence-corrected chi connectivity index (χ2v) is 7.21. The Balaban J connectivity index is 2.31. The van der Waals surface area contributed by atoms with Gasteiger partial charge in [-0.2, -0.15) is 4.31 Å². The van der Waals surface area contributed by atoms with Gasteiger partial charge in [-0.1, -0.05) is 12.1 Å². The molecule has 0 saturated carbocycles. The Bertz CT molecular complexity index is 835. The first-order chi connectivity index (χ1) is 11.8. The van der Waals surface area contributed by atoms with Crippen molar-refractivity contribution in [2.45, 2.75) is 18.4 Å². The van der Waals surface area contributed by atoms with Gasteiger partial charge in [0.2, 0.25) is 10.0 Å². The summed E-state index contributed by atoms with van der Waals surface area (Å²) in [6, 6.07) is 7.86. The van der Waals surface area contributed by atoms with Crippen LogP contribution in [0.2, 0.25) is 0 Å². The molecule has 0 spiro atoms. The van der Waals surface area contributed by atoms with E-state index in [4.69, 9.17) is 9.47 Å². The summed E-state index contributed by atoms with van der Waals surface area (Å²) in [5.41, 5.74) is 0.586. The summed E-state index contributed by atoms with van der Waals surface area (Å²) in [5.74, 6) is -1.28. The van der Waals surface area contributed by atoms with E-state index in [2.05, 4.69) is 0 Å². The maximum Gasteiger partial charge on any atom is 0.248 e. The van der Waals surface area contributed by atoms with Gasteiger partial charge in [-0.15, -0.1) is 0 Å². The molecule has 0 unspecified atom stereocenters. The van der Waals surface area contributed by atoms with Gasteiger partial charge in [0, 0.05) is 13.6 Å². The number of methoxy groups -OCH3 is 1. The summed E-state index contributed by atoms with van der Waals surface area (Å²) in [4.78, 5) is -0.963. The van der Waals surface area contributed by atoms with E-state index < -0.39 is 26.6 Å². The van der Waals surface area contributed by atoms with Gasteiger partial charge in [-0.3, -0.25) is 0 Å².